The van der Waals surface area contributed by atoms with Crippen molar-refractivity contribution in [1.29, 1.82) is 0 Å². The summed E-state index contributed by atoms with van der Waals surface area (Å²) >= 11 is 0. The highest BCUT2D eigenvalue weighted by molar-refractivity contribution is 5.87. The highest BCUT2D eigenvalue weighted by atomic mass is 16.4. The van der Waals surface area contributed by atoms with Crippen LogP contribution in [-0.4, -0.2) is 57.9 Å². The normalized spacial score (nSPS) is 16.5. The van der Waals surface area contributed by atoms with Crippen LogP contribution in [0, 0.1) is 5.92 Å². The summed E-state index contributed by atoms with van der Waals surface area (Å²) in [6, 6.07) is 6.78. The number of likely N-dealkylation sites (tertiary alicyclic amines) is 1. The van der Waals surface area contributed by atoms with Gasteiger partial charge < -0.3 is 20.6 Å². The van der Waals surface area contributed by atoms with E-state index in [2.05, 4.69) is 33.6 Å². The number of hydrogen-bond donors (Lipinski definition) is 3. The molecule has 3 heterocycles. The van der Waals surface area contributed by atoms with E-state index in [-0.39, 0.29) is 30.7 Å². The van der Waals surface area contributed by atoms with Crippen LogP contribution in [0.4, 0.5) is 5.82 Å². The minimum Gasteiger partial charge on any atom is -0.481 e. The average molecular weight is 454 g/mol. The summed E-state index contributed by atoms with van der Waals surface area (Å²) in [5, 5.41) is 15.0. The Morgan fingerprint density at radius 3 is 2.79 bits per heavy atom. The molecule has 0 spiro atoms. The van der Waals surface area contributed by atoms with Gasteiger partial charge in [0.2, 0.25) is 11.8 Å². The van der Waals surface area contributed by atoms with Crippen LogP contribution in [0.2, 0.25) is 0 Å². The van der Waals surface area contributed by atoms with Crippen molar-refractivity contribution in [3.63, 3.8) is 0 Å². The van der Waals surface area contributed by atoms with Crippen LogP contribution < -0.4 is 10.6 Å². The fourth-order valence-electron chi connectivity index (χ4n) is 4.14. The maximum atomic E-state index is 12.8. The summed E-state index contributed by atoms with van der Waals surface area (Å²) in [7, 11) is 1.85. The van der Waals surface area contributed by atoms with Crippen LogP contribution in [0.3, 0.4) is 0 Å². The third-order valence-electron chi connectivity index (χ3n) is 5.95. The first-order valence-electron chi connectivity index (χ1n) is 11.3. The predicted molar refractivity (Wildman–Crippen MR) is 124 cm³/mol. The fourth-order valence-corrected chi connectivity index (χ4v) is 4.14. The Balaban J connectivity index is 1.54. The van der Waals surface area contributed by atoms with E-state index in [1.54, 1.807) is 23.2 Å². The second-order valence-electron chi connectivity index (χ2n) is 8.20. The number of aromatic nitrogens is 2. The fraction of sp³-hybridized carbons (Fsp3) is 0.458. The molecular weight excluding hydrogens is 422 g/mol. The predicted octanol–water partition coefficient (Wildman–Crippen LogP) is 2.19. The van der Waals surface area contributed by atoms with Crippen molar-refractivity contribution in [3.8, 4) is 0 Å². The Kier molecular flexibility index (Phi) is 8.34. The Morgan fingerprint density at radius 1 is 1.30 bits per heavy atom. The van der Waals surface area contributed by atoms with Crippen LogP contribution in [0.25, 0.3) is 0 Å². The van der Waals surface area contributed by atoms with E-state index in [1.807, 2.05) is 13.1 Å². The molecule has 3 N–H and O–H groups in total. The number of nitrogens with one attached hydrogen (secondary N) is 2. The molecule has 1 aliphatic rings. The summed E-state index contributed by atoms with van der Waals surface area (Å²) in [6.45, 7) is 2.51. The molecule has 33 heavy (non-hydrogen) atoms. The number of carboxylic acid groups (broad SMARTS) is 1. The zero-order valence-electron chi connectivity index (χ0n) is 19.1. The van der Waals surface area contributed by atoms with Gasteiger partial charge in [0.15, 0.2) is 0 Å². The van der Waals surface area contributed by atoms with Crippen molar-refractivity contribution in [2.45, 2.75) is 45.1 Å². The molecule has 0 aliphatic carbocycles. The molecule has 1 fully saturated rings. The number of anilines is 1. The Labute approximate surface area is 193 Å². The molecule has 2 aromatic rings. The first kappa shape index (κ1) is 24.2. The number of carboxylic acids is 1. The SMILES string of the molecule is CCc1ccc(CC[C@H]2CCN(CC(=O)N[C@@H](CC(=O)O)c3cccnc3)C2=O)nc1NC. The molecule has 2 atom stereocenters. The largest absolute Gasteiger partial charge is 0.481 e. The summed E-state index contributed by atoms with van der Waals surface area (Å²) in [4.78, 5) is 46.8. The average Bonchev–Trinajstić information content (AvgIpc) is 3.16. The molecule has 176 valence electrons. The number of carbonyl (C=O) groups is 3. The number of carbonyl (C=O) groups excluding carboxylic acids is 2. The van der Waals surface area contributed by atoms with E-state index < -0.39 is 12.0 Å². The third kappa shape index (κ3) is 6.50. The van der Waals surface area contributed by atoms with Crippen molar-refractivity contribution < 1.29 is 19.5 Å². The summed E-state index contributed by atoms with van der Waals surface area (Å²) in [6.07, 6.45) is 5.82. The minimum absolute atomic E-state index is 0.0414. The standard InChI is InChI=1S/C24H31N5O4/c1-3-16-6-8-19(27-23(16)25-2)9-7-17-10-12-29(24(17)33)15-21(30)28-20(13-22(31)32)18-5-4-11-26-14-18/h4-6,8,11,14,17,20H,3,7,9-10,12-13,15H2,1-2H3,(H,25,27)(H,28,30)(H,31,32)/t17-,20-/m0/s1. The number of rotatable bonds is 11. The molecule has 0 aromatic carbocycles. The van der Waals surface area contributed by atoms with Gasteiger partial charge in [0.25, 0.3) is 0 Å². The molecule has 0 radical (unpaired) electrons. The highest BCUT2D eigenvalue weighted by Gasteiger charge is 2.33. The Bertz CT molecular complexity index is 982. The van der Waals surface area contributed by atoms with E-state index >= 15 is 0 Å². The molecule has 9 heteroatoms. The molecule has 0 saturated carbocycles. The van der Waals surface area contributed by atoms with E-state index in [0.717, 1.165) is 23.5 Å². The number of pyridine rings is 2. The molecule has 0 bridgehead atoms. The van der Waals surface area contributed by atoms with Crippen molar-refractivity contribution in [1.82, 2.24) is 20.2 Å². The molecule has 1 saturated heterocycles. The van der Waals surface area contributed by atoms with Crippen molar-refractivity contribution in [3.05, 3.63) is 53.5 Å². The van der Waals surface area contributed by atoms with Gasteiger partial charge in [-0.25, -0.2) is 4.98 Å². The van der Waals surface area contributed by atoms with E-state index in [9.17, 15) is 19.5 Å². The number of aliphatic carboxylic acids is 1. The second kappa shape index (κ2) is 11.4. The zero-order chi connectivity index (χ0) is 23.8. The first-order chi connectivity index (χ1) is 15.9. The maximum Gasteiger partial charge on any atom is 0.305 e. The summed E-state index contributed by atoms with van der Waals surface area (Å²) in [5.74, 6) is -0.717. The van der Waals surface area contributed by atoms with Crippen LogP contribution in [-0.2, 0) is 27.2 Å². The lowest BCUT2D eigenvalue weighted by Crippen LogP contribution is -2.40. The molecule has 1 aliphatic heterocycles. The topological polar surface area (TPSA) is 125 Å². The van der Waals surface area contributed by atoms with Gasteiger partial charge in [-0.15, -0.1) is 0 Å². The van der Waals surface area contributed by atoms with Crippen LogP contribution in [0.1, 0.15) is 49.0 Å². The Morgan fingerprint density at radius 2 is 2.12 bits per heavy atom. The zero-order valence-corrected chi connectivity index (χ0v) is 19.1. The number of hydrogen-bond acceptors (Lipinski definition) is 6. The van der Waals surface area contributed by atoms with E-state index in [0.29, 0.717) is 31.4 Å². The lowest BCUT2D eigenvalue weighted by atomic mass is 10.00. The number of nitrogens with zero attached hydrogens (tertiary/aromatic N) is 3. The van der Waals surface area contributed by atoms with Gasteiger partial charge in [-0.2, -0.15) is 0 Å². The lowest BCUT2D eigenvalue weighted by Gasteiger charge is -2.20. The van der Waals surface area contributed by atoms with Gasteiger partial charge in [0.1, 0.15) is 5.82 Å². The molecular formula is C24H31N5O4. The van der Waals surface area contributed by atoms with Gasteiger partial charge in [0, 0.05) is 37.6 Å². The lowest BCUT2D eigenvalue weighted by molar-refractivity contribution is -0.138. The summed E-state index contributed by atoms with van der Waals surface area (Å²) in [5.41, 5.74) is 2.71. The summed E-state index contributed by atoms with van der Waals surface area (Å²) < 4.78 is 0. The van der Waals surface area contributed by atoms with Crippen molar-refractivity contribution in [2.24, 2.45) is 5.92 Å². The van der Waals surface area contributed by atoms with E-state index in [1.165, 1.54) is 6.20 Å². The molecule has 0 unspecified atom stereocenters. The Hall–Kier alpha value is -3.49. The van der Waals surface area contributed by atoms with Gasteiger partial charge >= 0.3 is 5.97 Å². The van der Waals surface area contributed by atoms with Gasteiger partial charge in [-0.1, -0.05) is 19.1 Å². The van der Waals surface area contributed by atoms with E-state index in [4.69, 9.17) is 0 Å². The first-order valence-corrected chi connectivity index (χ1v) is 11.3. The molecule has 2 amide bonds. The molecule has 3 rings (SSSR count). The quantitative estimate of drug-likeness (QED) is 0.476. The van der Waals surface area contributed by atoms with Gasteiger partial charge in [0.05, 0.1) is 19.0 Å². The van der Waals surface area contributed by atoms with Crippen molar-refractivity contribution in [2.75, 3.05) is 25.5 Å². The van der Waals surface area contributed by atoms with Crippen LogP contribution in [0.5, 0.6) is 0 Å². The van der Waals surface area contributed by atoms with Gasteiger partial charge in [-0.3, -0.25) is 19.4 Å². The van der Waals surface area contributed by atoms with Gasteiger partial charge in [-0.05, 0) is 48.9 Å². The third-order valence-corrected chi connectivity index (χ3v) is 5.95. The highest BCUT2D eigenvalue weighted by Crippen LogP contribution is 2.24. The smallest absolute Gasteiger partial charge is 0.305 e. The number of amides is 2. The van der Waals surface area contributed by atoms with Crippen molar-refractivity contribution >= 4 is 23.6 Å². The monoisotopic (exact) mass is 453 g/mol. The maximum absolute atomic E-state index is 12.8. The molecule has 2 aromatic heterocycles. The van der Waals surface area contributed by atoms with Crippen LogP contribution in [0.15, 0.2) is 36.7 Å². The van der Waals surface area contributed by atoms with Crippen LogP contribution >= 0.6 is 0 Å². The number of aryl methyl sites for hydroxylation is 2. The second-order valence-corrected chi connectivity index (χ2v) is 8.20. The molecule has 9 nitrogen and oxygen atoms in total. The minimum atomic E-state index is -1.02.